The third-order valence-electron chi connectivity index (χ3n) is 7.75. The highest BCUT2D eigenvalue weighted by Crippen LogP contribution is 2.31. The predicted molar refractivity (Wildman–Crippen MR) is 176 cm³/mol. The summed E-state index contributed by atoms with van der Waals surface area (Å²) < 4.78 is 7.24. The molecule has 1 fully saturated rings. The number of carbonyl (C=O) groups excluding carboxylic acids is 2. The molecular formula is C33H34ClN7O5. The molecule has 12 nitrogen and oxygen atoms in total. The number of piperidine rings is 1. The molecule has 0 aliphatic carbocycles. The molecule has 5 N–H and O–H groups in total. The van der Waals surface area contributed by atoms with Crippen LogP contribution in [-0.4, -0.2) is 52.3 Å². The molecular weight excluding hydrogens is 610 g/mol. The minimum absolute atomic E-state index is 0. The lowest BCUT2D eigenvalue weighted by molar-refractivity contribution is -0.118. The largest absolute Gasteiger partial charge is 0.484 e. The van der Waals surface area contributed by atoms with Crippen molar-refractivity contribution in [1.82, 2.24) is 15.0 Å². The predicted octanol–water partition coefficient (Wildman–Crippen LogP) is 3.78. The number of carbonyl (C=O) groups is 2. The standard InChI is InChI=1S/C33H33N7O5.ClH/c1-20-17-25(9-12-27(20)31(42)38-44)36-28(41)19-45-26-10-7-22(8-11-26)29-30(23-5-3-21(18-34)4-6-23)37-33(39(2)32(29)43)40-15-13-24(35)14-16-40;/h3-12,17,24,44H,13-16,19,35H2,1-2H3,(H,36,41)(H,38,42);1H. The number of hydrogen-bond donors (Lipinski definition) is 4. The molecule has 1 aromatic heterocycles. The number of aromatic nitrogens is 2. The normalized spacial score (nSPS) is 12.9. The Hall–Kier alpha value is -5.22. The van der Waals surface area contributed by atoms with E-state index in [9.17, 15) is 19.6 Å². The van der Waals surface area contributed by atoms with Gasteiger partial charge < -0.3 is 20.7 Å². The number of anilines is 2. The van der Waals surface area contributed by atoms with Crippen LogP contribution in [0.2, 0.25) is 0 Å². The fourth-order valence-corrected chi connectivity index (χ4v) is 5.26. The molecule has 4 aromatic rings. The highest BCUT2D eigenvalue weighted by atomic mass is 35.5. The number of aryl methyl sites for hydroxylation is 1. The van der Waals surface area contributed by atoms with E-state index in [4.69, 9.17) is 20.7 Å². The van der Waals surface area contributed by atoms with Crippen molar-refractivity contribution in [3.05, 3.63) is 93.8 Å². The van der Waals surface area contributed by atoms with Crippen LogP contribution < -0.4 is 31.7 Å². The average Bonchev–Trinajstić information content (AvgIpc) is 3.05. The molecule has 3 aromatic carbocycles. The fraction of sp³-hybridized carbons (Fsp3) is 0.242. The van der Waals surface area contributed by atoms with E-state index in [1.165, 1.54) is 6.07 Å². The van der Waals surface area contributed by atoms with E-state index in [0.717, 1.165) is 12.8 Å². The van der Waals surface area contributed by atoms with Gasteiger partial charge in [-0.15, -0.1) is 12.4 Å². The van der Waals surface area contributed by atoms with Gasteiger partial charge >= 0.3 is 0 Å². The third kappa shape index (κ3) is 7.35. The van der Waals surface area contributed by atoms with Crippen molar-refractivity contribution in [1.29, 1.82) is 5.26 Å². The summed E-state index contributed by atoms with van der Waals surface area (Å²) in [6.45, 7) is 2.80. The van der Waals surface area contributed by atoms with Crippen molar-refractivity contribution in [2.75, 3.05) is 29.9 Å². The Morgan fingerprint density at radius 3 is 2.33 bits per heavy atom. The molecule has 0 saturated carbocycles. The van der Waals surface area contributed by atoms with E-state index in [0.29, 0.717) is 64.0 Å². The zero-order valence-electron chi connectivity index (χ0n) is 25.3. The number of hydroxylamine groups is 1. The molecule has 0 radical (unpaired) electrons. The van der Waals surface area contributed by atoms with Crippen LogP contribution in [-0.2, 0) is 11.8 Å². The Kier molecular flexibility index (Phi) is 10.8. The molecule has 0 bridgehead atoms. The lowest BCUT2D eigenvalue weighted by Crippen LogP contribution is -2.42. The number of ether oxygens (including phenoxy) is 1. The highest BCUT2D eigenvalue weighted by molar-refractivity contribution is 5.97. The van der Waals surface area contributed by atoms with Crippen LogP contribution in [0.1, 0.15) is 34.3 Å². The summed E-state index contributed by atoms with van der Waals surface area (Å²) in [5.74, 6) is -0.0697. The van der Waals surface area contributed by atoms with Crippen molar-refractivity contribution in [2.45, 2.75) is 25.8 Å². The van der Waals surface area contributed by atoms with E-state index in [-0.39, 0.29) is 36.2 Å². The maximum Gasteiger partial charge on any atom is 0.274 e. The Balaban J connectivity index is 0.00000480. The maximum absolute atomic E-state index is 13.9. The summed E-state index contributed by atoms with van der Waals surface area (Å²) in [5, 5.41) is 20.8. The third-order valence-corrected chi connectivity index (χ3v) is 7.75. The lowest BCUT2D eigenvalue weighted by atomic mass is 9.99. The van der Waals surface area contributed by atoms with Gasteiger partial charge in [-0.05, 0) is 73.4 Å². The van der Waals surface area contributed by atoms with Crippen molar-refractivity contribution >= 4 is 35.9 Å². The number of nitrogens with two attached hydrogens (primary N) is 1. The highest BCUT2D eigenvalue weighted by Gasteiger charge is 2.24. The second-order valence-electron chi connectivity index (χ2n) is 10.8. The molecule has 2 heterocycles. The number of rotatable bonds is 8. The van der Waals surface area contributed by atoms with Gasteiger partial charge in [0.25, 0.3) is 17.4 Å². The first-order chi connectivity index (χ1) is 21.7. The summed E-state index contributed by atoms with van der Waals surface area (Å²) in [5.41, 5.74) is 11.5. The Morgan fingerprint density at radius 2 is 1.72 bits per heavy atom. The van der Waals surface area contributed by atoms with Crippen LogP contribution in [0.4, 0.5) is 11.6 Å². The lowest BCUT2D eigenvalue weighted by Gasteiger charge is -2.32. The van der Waals surface area contributed by atoms with E-state index in [1.54, 1.807) is 84.7 Å². The van der Waals surface area contributed by atoms with Crippen molar-refractivity contribution in [2.24, 2.45) is 12.8 Å². The molecule has 1 saturated heterocycles. The second kappa shape index (κ2) is 14.7. The minimum Gasteiger partial charge on any atom is -0.484 e. The summed E-state index contributed by atoms with van der Waals surface area (Å²) >= 11 is 0. The van der Waals surface area contributed by atoms with Gasteiger partial charge in [-0.3, -0.25) is 24.2 Å². The zero-order chi connectivity index (χ0) is 32.1. The van der Waals surface area contributed by atoms with E-state index in [1.807, 2.05) is 0 Å². The monoisotopic (exact) mass is 643 g/mol. The molecule has 2 amide bonds. The van der Waals surface area contributed by atoms with Crippen LogP contribution in [0.5, 0.6) is 5.75 Å². The number of nitriles is 1. The number of hydrogen-bond acceptors (Lipinski definition) is 9. The quantitative estimate of drug-likeness (QED) is 0.164. The SMILES string of the molecule is Cc1cc(NC(=O)COc2ccc(-c3c(-c4ccc(C#N)cc4)nc(N4CCC(N)CC4)n(C)c3=O)cc2)ccc1C(=O)NO.Cl. The van der Waals surface area contributed by atoms with Crippen LogP contribution in [0, 0.1) is 18.3 Å². The van der Waals surface area contributed by atoms with Crippen molar-refractivity contribution in [3.8, 4) is 34.2 Å². The molecule has 238 valence electrons. The first-order valence-electron chi connectivity index (χ1n) is 14.4. The fourth-order valence-electron chi connectivity index (χ4n) is 5.26. The number of nitrogens with zero attached hydrogens (tertiary/aromatic N) is 4. The average molecular weight is 644 g/mol. The molecule has 0 unspecified atom stereocenters. The molecule has 13 heteroatoms. The molecule has 0 spiro atoms. The number of halogens is 1. The second-order valence-corrected chi connectivity index (χ2v) is 10.8. The number of benzene rings is 3. The van der Waals surface area contributed by atoms with Gasteiger partial charge in [-0.25, -0.2) is 10.5 Å². The Labute approximate surface area is 271 Å². The Morgan fingerprint density at radius 1 is 1.07 bits per heavy atom. The van der Waals surface area contributed by atoms with Gasteiger partial charge in [-0.1, -0.05) is 24.3 Å². The van der Waals surface area contributed by atoms with Crippen molar-refractivity contribution < 1.29 is 19.5 Å². The van der Waals surface area contributed by atoms with Crippen LogP contribution in [0.3, 0.4) is 0 Å². The topological polar surface area (TPSA) is 176 Å². The van der Waals surface area contributed by atoms with Crippen LogP contribution >= 0.6 is 12.4 Å². The van der Waals surface area contributed by atoms with Crippen LogP contribution in [0.25, 0.3) is 22.4 Å². The zero-order valence-corrected chi connectivity index (χ0v) is 26.1. The van der Waals surface area contributed by atoms with Gasteiger partial charge in [0.05, 0.1) is 22.9 Å². The first-order valence-corrected chi connectivity index (χ1v) is 14.4. The summed E-state index contributed by atoms with van der Waals surface area (Å²) in [6.07, 6.45) is 1.61. The van der Waals surface area contributed by atoms with Crippen molar-refractivity contribution in [3.63, 3.8) is 0 Å². The van der Waals surface area contributed by atoms with Gasteiger partial charge in [0.1, 0.15) is 5.75 Å². The van der Waals surface area contributed by atoms with Gasteiger partial charge in [-0.2, -0.15) is 5.26 Å². The maximum atomic E-state index is 13.9. The summed E-state index contributed by atoms with van der Waals surface area (Å²) in [6, 6.07) is 20.7. The number of nitrogens with one attached hydrogen (secondary N) is 2. The first kappa shape index (κ1) is 33.7. The molecule has 1 aliphatic rings. The van der Waals surface area contributed by atoms with Crippen LogP contribution in [0.15, 0.2) is 71.5 Å². The molecule has 1 aliphatic heterocycles. The molecule has 46 heavy (non-hydrogen) atoms. The minimum atomic E-state index is -0.641. The molecule has 0 atom stereocenters. The Bertz CT molecular complexity index is 1830. The smallest absolute Gasteiger partial charge is 0.274 e. The van der Waals surface area contributed by atoms with E-state index >= 15 is 0 Å². The van der Waals surface area contributed by atoms with E-state index in [2.05, 4.69) is 16.3 Å². The van der Waals surface area contributed by atoms with Gasteiger partial charge in [0.15, 0.2) is 6.61 Å². The molecule has 5 rings (SSSR count). The summed E-state index contributed by atoms with van der Waals surface area (Å²) in [4.78, 5) is 45.1. The summed E-state index contributed by atoms with van der Waals surface area (Å²) in [7, 11) is 1.71. The number of amides is 2. The van der Waals surface area contributed by atoms with E-state index < -0.39 is 11.8 Å². The van der Waals surface area contributed by atoms with Gasteiger partial charge in [0, 0.05) is 43.0 Å². The van der Waals surface area contributed by atoms with Gasteiger partial charge in [0.2, 0.25) is 5.95 Å².